The Bertz CT molecular complexity index is 1070. The third-order valence-electron chi connectivity index (χ3n) is 4.15. The lowest BCUT2D eigenvalue weighted by Crippen LogP contribution is -2.44. The van der Waals surface area contributed by atoms with Gasteiger partial charge in [0.2, 0.25) is 0 Å². The Hall–Kier alpha value is -3.12. The highest BCUT2D eigenvalue weighted by Gasteiger charge is 2.46. The van der Waals surface area contributed by atoms with Crippen LogP contribution < -0.4 is 11.1 Å². The molecule has 0 bridgehead atoms. The van der Waals surface area contributed by atoms with E-state index in [1.165, 1.54) is 32.9 Å². The molecule has 3 aromatic heterocycles. The Labute approximate surface area is 173 Å². The molecule has 152 valence electrons. The SMILES string of the molecule is CC.CC.N#CC1(n2ccn(Cc3ccc(-c4nccs4)nn3)c(=O)c2=O)CC1. The quantitative estimate of drug-likeness (QED) is 0.610. The second-order valence-electron chi connectivity index (χ2n) is 5.80. The summed E-state index contributed by atoms with van der Waals surface area (Å²) in [6.07, 6.45) is 5.89. The van der Waals surface area contributed by atoms with Crippen molar-refractivity contribution in [3.8, 4) is 16.8 Å². The molecule has 1 aliphatic rings. The number of rotatable bonds is 4. The predicted octanol–water partition coefficient (Wildman–Crippen LogP) is 3.04. The van der Waals surface area contributed by atoms with Gasteiger partial charge in [-0.1, -0.05) is 27.7 Å². The van der Waals surface area contributed by atoms with Crippen LogP contribution in [0.2, 0.25) is 0 Å². The van der Waals surface area contributed by atoms with Crippen molar-refractivity contribution in [2.45, 2.75) is 52.6 Å². The highest BCUT2D eigenvalue weighted by atomic mass is 32.1. The van der Waals surface area contributed by atoms with Gasteiger partial charge in [-0.15, -0.1) is 16.4 Å². The number of nitrogens with zero attached hydrogens (tertiary/aromatic N) is 6. The molecule has 0 saturated heterocycles. The molecule has 0 radical (unpaired) electrons. The zero-order valence-electron chi connectivity index (χ0n) is 17.0. The summed E-state index contributed by atoms with van der Waals surface area (Å²) in [7, 11) is 0. The van der Waals surface area contributed by atoms with Crippen molar-refractivity contribution in [2.24, 2.45) is 0 Å². The Kier molecular flexibility index (Phi) is 7.56. The van der Waals surface area contributed by atoms with Crippen LogP contribution in [0.3, 0.4) is 0 Å². The molecule has 1 saturated carbocycles. The maximum absolute atomic E-state index is 12.3. The molecule has 1 aliphatic carbocycles. The maximum Gasteiger partial charge on any atom is 0.317 e. The summed E-state index contributed by atoms with van der Waals surface area (Å²) in [6.45, 7) is 8.14. The zero-order chi connectivity index (χ0) is 21.4. The van der Waals surface area contributed by atoms with Crippen LogP contribution in [0.25, 0.3) is 10.7 Å². The van der Waals surface area contributed by atoms with E-state index in [0.29, 0.717) is 24.2 Å². The smallest absolute Gasteiger partial charge is 0.303 e. The third-order valence-corrected chi connectivity index (χ3v) is 4.95. The van der Waals surface area contributed by atoms with Gasteiger partial charge in [0.05, 0.1) is 18.3 Å². The van der Waals surface area contributed by atoms with E-state index in [1.54, 1.807) is 18.3 Å². The van der Waals surface area contributed by atoms with Crippen molar-refractivity contribution < 1.29 is 0 Å². The number of hydrogen-bond acceptors (Lipinski definition) is 7. The Balaban J connectivity index is 0.000000707. The number of aromatic nitrogens is 5. The molecular weight excluding hydrogens is 388 g/mol. The van der Waals surface area contributed by atoms with Crippen molar-refractivity contribution in [3.63, 3.8) is 0 Å². The van der Waals surface area contributed by atoms with Crippen molar-refractivity contribution in [3.05, 3.63) is 62.5 Å². The first-order chi connectivity index (χ1) is 14.1. The highest BCUT2D eigenvalue weighted by Crippen LogP contribution is 2.41. The fraction of sp³-hybridized carbons (Fsp3) is 0.400. The van der Waals surface area contributed by atoms with Gasteiger partial charge in [-0.3, -0.25) is 14.2 Å². The largest absolute Gasteiger partial charge is 0.317 e. The zero-order valence-corrected chi connectivity index (χ0v) is 17.8. The minimum absolute atomic E-state index is 0.139. The van der Waals surface area contributed by atoms with Gasteiger partial charge in [0.25, 0.3) is 0 Å². The van der Waals surface area contributed by atoms with E-state index in [-0.39, 0.29) is 6.54 Å². The second kappa shape index (κ2) is 9.89. The van der Waals surface area contributed by atoms with Crippen molar-refractivity contribution >= 4 is 11.3 Å². The number of thiazole rings is 1. The van der Waals surface area contributed by atoms with Gasteiger partial charge in [-0.2, -0.15) is 10.4 Å². The summed E-state index contributed by atoms with van der Waals surface area (Å²) in [5.74, 6) is 0. The molecule has 0 spiro atoms. The molecule has 0 N–H and O–H groups in total. The van der Waals surface area contributed by atoms with Gasteiger partial charge in [0.15, 0.2) is 0 Å². The predicted molar refractivity (Wildman–Crippen MR) is 113 cm³/mol. The minimum Gasteiger partial charge on any atom is -0.303 e. The van der Waals surface area contributed by atoms with Crippen LogP contribution in [-0.4, -0.2) is 24.3 Å². The fourth-order valence-corrected chi connectivity index (χ4v) is 3.18. The summed E-state index contributed by atoms with van der Waals surface area (Å²) in [4.78, 5) is 28.7. The van der Waals surface area contributed by atoms with E-state index in [2.05, 4.69) is 21.3 Å². The fourth-order valence-electron chi connectivity index (χ4n) is 2.58. The first-order valence-electron chi connectivity index (χ1n) is 9.59. The van der Waals surface area contributed by atoms with Gasteiger partial charge >= 0.3 is 11.1 Å². The van der Waals surface area contributed by atoms with Gasteiger partial charge in [0.1, 0.15) is 16.2 Å². The van der Waals surface area contributed by atoms with Crippen LogP contribution in [-0.2, 0) is 12.1 Å². The standard InChI is InChI=1S/C16H12N6O2S.2C2H6/c17-10-16(3-4-16)22-7-6-21(14(23)15(22)24)9-11-1-2-12(20-19-11)13-18-5-8-25-13;2*1-2/h1-2,5-8H,3-4,9H2;2*1-2H3. The Morgan fingerprint density at radius 1 is 1.10 bits per heavy atom. The molecule has 29 heavy (non-hydrogen) atoms. The molecule has 0 aliphatic heterocycles. The lowest BCUT2D eigenvalue weighted by molar-refractivity contribution is 0.555. The van der Waals surface area contributed by atoms with E-state index in [4.69, 9.17) is 0 Å². The summed E-state index contributed by atoms with van der Waals surface area (Å²) < 4.78 is 2.52. The van der Waals surface area contributed by atoms with E-state index in [9.17, 15) is 14.9 Å². The number of nitriles is 1. The molecule has 0 aromatic carbocycles. The van der Waals surface area contributed by atoms with Gasteiger partial charge in [-0.05, 0) is 25.0 Å². The average molecular weight is 413 g/mol. The minimum atomic E-state index is -0.843. The molecule has 4 rings (SSSR count). The summed E-state index contributed by atoms with van der Waals surface area (Å²) in [5.41, 5.74) is -0.985. The lowest BCUT2D eigenvalue weighted by atomic mass is 10.3. The topological polar surface area (TPSA) is 106 Å². The van der Waals surface area contributed by atoms with Crippen molar-refractivity contribution in [2.75, 3.05) is 0 Å². The lowest BCUT2D eigenvalue weighted by Gasteiger charge is -2.11. The van der Waals surface area contributed by atoms with Crippen LogP contribution in [0, 0.1) is 11.3 Å². The summed E-state index contributed by atoms with van der Waals surface area (Å²) in [5, 5.41) is 20.0. The molecule has 3 aromatic rings. The van der Waals surface area contributed by atoms with Crippen LogP contribution in [0.5, 0.6) is 0 Å². The molecule has 3 heterocycles. The Morgan fingerprint density at radius 2 is 1.83 bits per heavy atom. The molecule has 0 unspecified atom stereocenters. The third kappa shape index (κ3) is 4.66. The monoisotopic (exact) mass is 412 g/mol. The van der Waals surface area contributed by atoms with Crippen molar-refractivity contribution in [1.82, 2.24) is 24.3 Å². The van der Waals surface area contributed by atoms with E-state index in [1.807, 2.05) is 33.1 Å². The first-order valence-corrected chi connectivity index (χ1v) is 10.5. The maximum atomic E-state index is 12.3. The summed E-state index contributed by atoms with van der Waals surface area (Å²) >= 11 is 1.46. The van der Waals surface area contributed by atoms with Crippen LogP contribution >= 0.6 is 11.3 Å². The van der Waals surface area contributed by atoms with Crippen molar-refractivity contribution in [1.29, 1.82) is 5.26 Å². The van der Waals surface area contributed by atoms with E-state index >= 15 is 0 Å². The van der Waals surface area contributed by atoms with Crippen LogP contribution in [0.15, 0.2) is 45.7 Å². The van der Waals surface area contributed by atoms with Gasteiger partial charge in [0, 0.05) is 24.0 Å². The summed E-state index contributed by atoms with van der Waals surface area (Å²) in [6, 6.07) is 5.64. The van der Waals surface area contributed by atoms with Crippen LogP contribution in [0.4, 0.5) is 0 Å². The molecular formula is C20H24N6O2S. The molecule has 0 amide bonds. The molecule has 1 fully saturated rings. The molecule has 9 heteroatoms. The second-order valence-corrected chi connectivity index (χ2v) is 6.69. The molecule has 0 atom stereocenters. The first kappa shape index (κ1) is 22.2. The van der Waals surface area contributed by atoms with E-state index in [0.717, 1.165) is 5.01 Å². The normalized spacial score (nSPS) is 13.2. The average Bonchev–Trinajstić information content (AvgIpc) is 3.38. The van der Waals surface area contributed by atoms with E-state index < -0.39 is 16.7 Å². The molecule has 8 nitrogen and oxygen atoms in total. The highest BCUT2D eigenvalue weighted by molar-refractivity contribution is 7.13. The van der Waals surface area contributed by atoms with Gasteiger partial charge in [-0.25, -0.2) is 4.98 Å². The van der Waals surface area contributed by atoms with Crippen LogP contribution in [0.1, 0.15) is 46.2 Å². The Morgan fingerprint density at radius 3 is 2.34 bits per heavy atom. The van der Waals surface area contributed by atoms with Gasteiger partial charge < -0.3 is 4.57 Å². The number of hydrogen-bond donors (Lipinski definition) is 0.